The number of hydrogen-bond acceptors (Lipinski definition) is 2. The summed E-state index contributed by atoms with van der Waals surface area (Å²) in [5.74, 6) is 0. The van der Waals surface area contributed by atoms with Crippen LogP contribution in [0, 0.1) is 6.92 Å². The molecule has 3 rings (SSSR count). The average molecular weight is 293 g/mol. The molecule has 1 fully saturated rings. The number of nitrogens with one attached hydrogen (secondary N) is 1. The first-order valence-electron chi connectivity index (χ1n) is 7.31. The minimum atomic E-state index is 0.833. The van der Waals surface area contributed by atoms with Crippen molar-refractivity contribution in [2.75, 3.05) is 32.8 Å². The molecule has 108 valence electrons. The summed E-state index contributed by atoms with van der Waals surface area (Å²) in [5.41, 5.74) is 3.63. The molecule has 2 aromatic rings. The predicted molar refractivity (Wildman–Crippen MR) is 83.6 cm³/mol. The van der Waals surface area contributed by atoms with E-state index in [9.17, 15) is 0 Å². The third kappa shape index (κ3) is 3.00. The molecule has 1 aromatic carbocycles. The van der Waals surface area contributed by atoms with E-state index in [4.69, 9.17) is 16.3 Å². The van der Waals surface area contributed by atoms with Crippen LogP contribution >= 0.6 is 11.6 Å². The number of aromatic amines is 1. The number of H-pyrrole nitrogens is 1. The number of fused-ring (bicyclic) bond motifs is 1. The molecule has 0 amide bonds. The van der Waals surface area contributed by atoms with Gasteiger partial charge in [-0.3, -0.25) is 4.90 Å². The molecule has 1 aliphatic rings. The van der Waals surface area contributed by atoms with Crippen molar-refractivity contribution < 1.29 is 4.74 Å². The standard InChI is InChI=1S/C16H21ClN2O/c1-12-15(17)5-4-13-11-14(18-16(12)13)3-2-6-19-7-9-20-10-8-19/h4-5,11,18H,2-3,6-10H2,1H3. The van der Waals surface area contributed by atoms with Gasteiger partial charge in [-0.25, -0.2) is 0 Å². The second kappa shape index (κ2) is 6.17. The minimum absolute atomic E-state index is 0.833. The fourth-order valence-corrected chi connectivity index (χ4v) is 2.99. The van der Waals surface area contributed by atoms with Gasteiger partial charge < -0.3 is 9.72 Å². The Bertz CT molecular complexity index is 587. The highest BCUT2D eigenvalue weighted by Gasteiger charge is 2.10. The molecule has 0 unspecified atom stereocenters. The van der Waals surface area contributed by atoms with E-state index < -0.39 is 0 Å². The molecule has 1 aliphatic heterocycles. The smallest absolute Gasteiger partial charge is 0.0594 e. The molecule has 1 aromatic heterocycles. The number of benzene rings is 1. The summed E-state index contributed by atoms with van der Waals surface area (Å²) < 4.78 is 5.37. The van der Waals surface area contributed by atoms with Gasteiger partial charge in [-0.15, -0.1) is 0 Å². The quantitative estimate of drug-likeness (QED) is 0.935. The van der Waals surface area contributed by atoms with Crippen LogP contribution in [0.15, 0.2) is 18.2 Å². The number of ether oxygens (including phenoxy) is 1. The third-order valence-electron chi connectivity index (χ3n) is 4.07. The van der Waals surface area contributed by atoms with E-state index in [1.165, 1.54) is 23.0 Å². The molecule has 4 heteroatoms. The van der Waals surface area contributed by atoms with Crippen LogP contribution in [0.5, 0.6) is 0 Å². The SMILES string of the molecule is Cc1c(Cl)ccc2cc(CCCN3CCOCC3)[nH]c12. The van der Waals surface area contributed by atoms with Crippen molar-refractivity contribution in [2.45, 2.75) is 19.8 Å². The summed E-state index contributed by atoms with van der Waals surface area (Å²) in [6, 6.07) is 6.31. The number of rotatable bonds is 4. The highest BCUT2D eigenvalue weighted by Crippen LogP contribution is 2.25. The summed E-state index contributed by atoms with van der Waals surface area (Å²) in [5, 5.41) is 2.09. The molecule has 2 heterocycles. The summed E-state index contributed by atoms with van der Waals surface area (Å²) >= 11 is 6.16. The Labute approximate surface area is 124 Å². The average Bonchev–Trinajstić information content (AvgIpc) is 2.88. The lowest BCUT2D eigenvalue weighted by Crippen LogP contribution is -2.36. The van der Waals surface area contributed by atoms with Crippen LogP contribution in [-0.2, 0) is 11.2 Å². The fraction of sp³-hybridized carbons (Fsp3) is 0.500. The van der Waals surface area contributed by atoms with Gasteiger partial charge in [0, 0.05) is 29.2 Å². The topological polar surface area (TPSA) is 28.3 Å². The number of nitrogens with zero attached hydrogens (tertiary/aromatic N) is 1. The van der Waals surface area contributed by atoms with Gasteiger partial charge in [0.15, 0.2) is 0 Å². The minimum Gasteiger partial charge on any atom is -0.379 e. The van der Waals surface area contributed by atoms with Crippen LogP contribution in [-0.4, -0.2) is 42.7 Å². The maximum Gasteiger partial charge on any atom is 0.0594 e. The Balaban J connectivity index is 1.61. The fourth-order valence-electron chi connectivity index (χ4n) is 2.83. The number of morpholine rings is 1. The summed E-state index contributed by atoms with van der Waals surface area (Å²) in [7, 11) is 0. The van der Waals surface area contributed by atoms with E-state index in [2.05, 4.69) is 28.9 Å². The van der Waals surface area contributed by atoms with Crippen LogP contribution < -0.4 is 0 Å². The zero-order valence-electron chi connectivity index (χ0n) is 11.9. The summed E-state index contributed by atoms with van der Waals surface area (Å²) in [6.45, 7) is 7.12. The Hall–Kier alpha value is -1.03. The Morgan fingerprint density at radius 3 is 2.90 bits per heavy atom. The lowest BCUT2D eigenvalue weighted by Gasteiger charge is -2.26. The molecule has 0 aliphatic carbocycles. The number of aromatic nitrogens is 1. The molecule has 1 N–H and O–H groups in total. The first-order chi connectivity index (χ1) is 9.74. The van der Waals surface area contributed by atoms with Gasteiger partial charge >= 0.3 is 0 Å². The molecule has 0 radical (unpaired) electrons. The van der Waals surface area contributed by atoms with Gasteiger partial charge in [0.05, 0.1) is 18.7 Å². The summed E-state index contributed by atoms with van der Waals surface area (Å²) in [6.07, 6.45) is 2.27. The van der Waals surface area contributed by atoms with E-state index in [1.54, 1.807) is 0 Å². The van der Waals surface area contributed by atoms with Crippen LogP contribution in [0.2, 0.25) is 5.02 Å². The third-order valence-corrected chi connectivity index (χ3v) is 4.48. The van der Waals surface area contributed by atoms with Crippen molar-refractivity contribution in [1.82, 2.24) is 9.88 Å². The Morgan fingerprint density at radius 1 is 1.30 bits per heavy atom. The van der Waals surface area contributed by atoms with Gasteiger partial charge in [0.2, 0.25) is 0 Å². The van der Waals surface area contributed by atoms with Crippen molar-refractivity contribution in [2.24, 2.45) is 0 Å². The van der Waals surface area contributed by atoms with Gasteiger partial charge in [-0.1, -0.05) is 17.7 Å². The van der Waals surface area contributed by atoms with Crippen molar-refractivity contribution in [3.63, 3.8) is 0 Å². The van der Waals surface area contributed by atoms with Gasteiger partial charge in [0.25, 0.3) is 0 Å². The van der Waals surface area contributed by atoms with E-state index in [0.29, 0.717) is 0 Å². The highest BCUT2D eigenvalue weighted by molar-refractivity contribution is 6.32. The molecule has 1 saturated heterocycles. The van der Waals surface area contributed by atoms with Crippen LogP contribution in [0.3, 0.4) is 0 Å². The second-order valence-electron chi connectivity index (χ2n) is 5.49. The van der Waals surface area contributed by atoms with E-state index in [-0.39, 0.29) is 0 Å². The van der Waals surface area contributed by atoms with E-state index in [0.717, 1.165) is 49.9 Å². The zero-order chi connectivity index (χ0) is 13.9. The molecule has 0 bridgehead atoms. The largest absolute Gasteiger partial charge is 0.379 e. The number of aryl methyl sites for hydroxylation is 2. The van der Waals surface area contributed by atoms with Crippen molar-refractivity contribution in [1.29, 1.82) is 0 Å². The molecular formula is C16H21ClN2O. The first-order valence-corrected chi connectivity index (χ1v) is 7.68. The van der Waals surface area contributed by atoms with Gasteiger partial charge in [0.1, 0.15) is 0 Å². The molecular weight excluding hydrogens is 272 g/mol. The molecule has 3 nitrogen and oxygen atoms in total. The van der Waals surface area contributed by atoms with Crippen molar-refractivity contribution >= 4 is 22.5 Å². The van der Waals surface area contributed by atoms with E-state index >= 15 is 0 Å². The number of halogens is 1. The normalized spacial score (nSPS) is 16.9. The number of hydrogen-bond donors (Lipinski definition) is 1. The Kier molecular flexibility index (Phi) is 4.29. The van der Waals surface area contributed by atoms with Crippen molar-refractivity contribution in [3.8, 4) is 0 Å². The van der Waals surface area contributed by atoms with Crippen LogP contribution in [0.25, 0.3) is 10.9 Å². The van der Waals surface area contributed by atoms with Gasteiger partial charge in [-0.2, -0.15) is 0 Å². The van der Waals surface area contributed by atoms with Crippen molar-refractivity contribution in [3.05, 3.63) is 34.5 Å². The monoisotopic (exact) mass is 292 g/mol. The Morgan fingerprint density at radius 2 is 2.10 bits per heavy atom. The van der Waals surface area contributed by atoms with Crippen LogP contribution in [0.1, 0.15) is 17.7 Å². The maximum atomic E-state index is 6.16. The lowest BCUT2D eigenvalue weighted by atomic mass is 10.1. The predicted octanol–water partition coefficient (Wildman–Crippen LogP) is 3.39. The zero-order valence-corrected chi connectivity index (χ0v) is 12.7. The van der Waals surface area contributed by atoms with Crippen LogP contribution in [0.4, 0.5) is 0 Å². The molecule has 0 spiro atoms. The van der Waals surface area contributed by atoms with E-state index in [1.807, 2.05) is 6.07 Å². The summed E-state index contributed by atoms with van der Waals surface area (Å²) in [4.78, 5) is 6.00. The van der Waals surface area contributed by atoms with Gasteiger partial charge in [-0.05, 0) is 44.0 Å². The molecule has 20 heavy (non-hydrogen) atoms. The molecule has 0 saturated carbocycles. The molecule has 0 atom stereocenters. The maximum absolute atomic E-state index is 6.16. The lowest BCUT2D eigenvalue weighted by molar-refractivity contribution is 0.0374. The highest BCUT2D eigenvalue weighted by atomic mass is 35.5. The first kappa shape index (κ1) is 13.9. The second-order valence-corrected chi connectivity index (χ2v) is 5.90.